The maximum atomic E-state index is 10.1. The van der Waals surface area contributed by atoms with Crippen molar-refractivity contribution in [2.45, 2.75) is 32.2 Å². The highest BCUT2D eigenvalue weighted by atomic mass is 16.5. The minimum absolute atomic E-state index is 0.297. The van der Waals surface area contributed by atoms with Crippen LogP contribution in [0.5, 0.6) is 5.75 Å². The summed E-state index contributed by atoms with van der Waals surface area (Å²) in [5.41, 5.74) is -0.378. The van der Waals surface area contributed by atoms with E-state index in [-0.39, 0.29) is 11.3 Å². The predicted octanol–water partition coefficient (Wildman–Crippen LogP) is 1.61. The fourth-order valence-corrected chi connectivity index (χ4v) is 1.07. The lowest BCUT2D eigenvalue weighted by Crippen LogP contribution is -2.35. The van der Waals surface area contributed by atoms with Crippen molar-refractivity contribution >= 4 is 0 Å². The summed E-state index contributed by atoms with van der Waals surface area (Å²) in [6, 6.07) is 0.718. The van der Waals surface area contributed by atoms with Gasteiger partial charge in [0, 0.05) is 31.9 Å². The van der Waals surface area contributed by atoms with Crippen LogP contribution >= 0.6 is 0 Å². The van der Waals surface area contributed by atoms with E-state index in [9.17, 15) is 5.11 Å². The molecular weight excluding hydrogens is 242 g/mol. The summed E-state index contributed by atoms with van der Waals surface area (Å²) in [4.78, 5) is 0. The van der Waals surface area contributed by atoms with Crippen LogP contribution in [0.1, 0.15) is 41.2 Å². The molecule has 0 fully saturated rings. The third kappa shape index (κ3) is 7.15. The number of hydrogen-bond acceptors (Lipinski definition) is 4. The van der Waals surface area contributed by atoms with E-state index in [2.05, 4.69) is 4.74 Å². The van der Waals surface area contributed by atoms with Crippen molar-refractivity contribution in [1.82, 2.24) is 5.32 Å². The van der Waals surface area contributed by atoms with Crippen LogP contribution in [0, 0.1) is 0 Å². The predicted molar refractivity (Wildman–Crippen MR) is 76.7 cm³/mol. The van der Waals surface area contributed by atoms with Gasteiger partial charge >= 0.3 is 0 Å². The molecule has 4 heteroatoms. The summed E-state index contributed by atoms with van der Waals surface area (Å²) in [5, 5.41) is 12.0. The Balaban J connectivity index is 3.01. The maximum Gasteiger partial charge on any atom is 0.119 e. The molecule has 108 valence electrons. The van der Waals surface area contributed by atoms with E-state index in [0.29, 0.717) is 0 Å². The molecule has 4 nitrogen and oxygen atoms in total. The number of aliphatic hydroxyl groups is 1. The largest absolute Gasteiger partial charge is 0.491 e. The first kappa shape index (κ1) is 4.45. The van der Waals surface area contributed by atoms with E-state index in [1.807, 2.05) is 5.32 Å². The Bertz CT molecular complexity index is 832. The SMILES string of the molecule is [2H]C([2H])([2H])OC([2H])([2H])C([2H])([2H])c1ccc(OC([2H])([2H])C(O)CNC([2H])(C([2H])([2H])[2H])C([2H])([2H])[2H])cc1. The van der Waals surface area contributed by atoms with Crippen LogP contribution in [-0.2, 0) is 11.1 Å². The molecule has 1 rings (SSSR count). The van der Waals surface area contributed by atoms with Gasteiger partial charge in [-0.3, -0.25) is 0 Å². The molecule has 1 unspecified atom stereocenters. The van der Waals surface area contributed by atoms with Gasteiger partial charge in [0.05, 0.1) is 16.2 Å². The summed E-state index contributed by atoms with van der Waals surface area (Å²) in [6.45, 7) is -13.9. The summed E-state index contributed by atoms with van der Waals surface area (Å²) < 4.78 is 129. The second-order valence-electron chi connectivity index (χ2n) is 3.35. The van der Waals surface area contributed by atoms with E-state index in [0.717, 1.165) is 24.3 Å². The molecule has 2 N–H and O–H groups in total. The van der Waals surface area contributed by atoms with E-state index in [1.165, 1.54) is 0 Å². The van der Waals surface area contributed by atoms with Crippen LogP contribution in [-0.4, -0.2) is 43.9 Å². The average Bonchev–Trinajstić information content (AvgIpc) is 2.61. The van der Waals surface area contributed by atoms with Gasteiger partial charge in [0.1, 0.15) is 18.4 Å². The summed E-state index contributed by atoms with van der Waals surface area (Å²) in [7, 11) is -3.23. The van der Waals surface area contributed by atoms with E-state index in [4.69, 9.17) is 26.7 Å². The molecule has 1 aromatic rings. The number of rotatable bonds is 9. The van der Waals surface area contributed by atoms with Crippen LogP contribution in [0.25, 0.3) is 0 Å². The highest BCUT2D eigenvalue weighted by molar-refractivity contribution is 5.27. The summed E-state index contributed by atoms with van der Waals surface area (Å²) in [6.07, 6.45) is -5.12. The molecule has 0 radical (unpaired) electrons. The molecule has 1 atom stereocenters. The molecule has 0 spiro atoms. The first-order chi connectivity index (χ1) is 15.3. The second kappa shape index (κ2) is 8.91. The van der Waals surface area contributed by atoms with Crippen LogP contribution in [0.4, 0.5) is 0 Å². The maximum absolute atomic E-state index is 10.1. The number of aryl methyl sites for hydroxylation is 1. The van der Waals surface area contributed by atoms with E-state index < -0.39 is 58.9 Å². The van der Waals surface area contributed by atoms with Gasteiger partial charge in [-0.2, -0.15) is 0 Å². The normalized spacial score (nSPS) is 29.9. The highest BCUT2D eigenvalue weighted by Crippen LogP contribution is 2.12. The first-order valence-electron chi connectivity index (χ1n) is 13.2. The minimum atomic E-state index is -3.35. The molecule has 0 aliphatic rings. The first-order valence-corrected chi connectivity index (χ1v) is 5.20. The Morgan fingerprint density at radius 3 is 2.89 bits per heavy atom. The second-order valence-corrected chi connectivity index (χ2v) is 3.35. The van der Waals surface area contributed by atoms with Crippen molar-refractivity contribution in [2.75, 3.05) is 26.7 Å². The van der Waals surface area contributed by atoms with E-state index in [1.54, 1.807) is 0 Å². The standard InChI is InChI=1S/C15H25NO3/c1-12(2)16-10-14(17)11-19-15-6-4-13(5-7-15)8-9-18-3/h4-7,12,14,16-17H,8-11H2,1-3H3/i1D3,2D3,3D3,8D2,9D2,11D2,12D. The van der Waals surface area contributed by atoms with Crippen LogP contribution in [0.2, 0.25) is 0 Å². The molecule has 0 heterocycles. The third-order valence-corrected chi connectivity index (χ3v) is 1.89. The van der Waals surface area contributed by atoms with Gasteiger partial charge in [-0.15, -0.1) is 0 Å². The van der Waals surface area contributed by atoms with Gasteiger partial charge < -0.3 is 19.9 Å². The molecule has 0 aliphatic carbocycles. The monoisotopic (exact) mass is 283 g/mol. The molecular formula is C15H25NO3. The lowest BCUT2D eigenvalue weighted by Gasteiger charge is -2.15. The number of hydrogen-bond donors (Lipinski definition) is 2. The van der Waals surface area contributed by atoms with Crippen molar-refractivity contribution in [3.8, 4) is 5.75 Å². The van der Waals surface area contributed by atoms with Crippen molar-refractivity contribution in [3.63, 3.8) is 0 Å². The smallest absolute Gasteiger partial charge is 0.119 e. The number of nitrogens with one attached hydrogen (secondary N) is 1. The Morgan fingerprint density at radius 2 is 2.21 bits per heavy atom. The van der Waals surface area contributed by atoms with Gasteiger partial charge in [0.15, 0.2) is 0 Å². The number of aliphatic hydroxyl groups excluding tert-OH is 1. The minimum Gasteiger partial charge on any atom is -0.491 e. The third-order valence-electron chi connectivity index (χ3n) is 1.89. The topological polar surface area (TPSA) is 50.7 Å². The van der Waals surface area contributed by atoms with Gasteiger partial charge in [-0.1, -0.05) is 25.8 Å². The molecule has 1 aromatic carbocycles. The Labute approximate surface area is 138 Å². The van der Waals surface area contributed by atoms with Crippen LogP contribution in [0.3, 0.4) is 0 Å². The summed E-state index contributed by atoms with van der Waals surface area (Å²) >= 11 is 0. The molecule has 0 aliphatic heterocycles. The fourth-order valence-electron chi connectivity index (χ4n) is 1.07. The zero-order valence-corrected chi connectivity index (χ0v) is 9.86. The molecule has 0 amide bonds. The lowest BCUT2D eigenvalue weighted by atomic mass is 10.1. The number of methoxy groups -OCH3 is 1. The fraction of sp³-hybridized carbons (Fsp3) is 0.600. The van der Waals surface area contributed by atoms with Crippen molar-refractivity contribution < 1.29 is 36.5 Å². The van der Waals surface area contributed by atoms with Crippen molar-refractivity contribution in [3.05, 3.63) is 29.8 Å². The molecule has 0 saturated heterocycles. The Hall–Kier alpha value is -1.10. The molecule has 0 aromatic heterocycles. The average molecular weight is 283 g/mol. The molecule has 19 heavy (non-hydrogen) atoms. The number of ether oxygens (including phenoxy) is 2. The Kier molecular flexibility index (Phi) is 2.09. The zero-order valence-electron chi connectivity index (χ0n) is 25.9. The summed E-state index contributed by atoms with van der Waals surface area (Å²) in [5.74, 6) is -0.297. The quantitative estimate of drug-likeness (QED) is 0.723. The molecule has 0 bridgehead atoms. The van der Waals surface area contributed by atoms with Gasteiger partial charge in [-0.05, 0) is 24.1 Å². The highest BCUT2D eigenvalue weighted by Gasteiger charge is 2.05. The van der Waals surface area contributed by atoms with Crippen LogP contribution in [0.15, 0.2) is 24.3 Å². The Morgan fingerprint density at radius 1 is 1.42 bits per heavy atom. The lowest BCUT2D eigenvalue weighted by molar-refractivity contribution is 0.104. The van der Waals surface area contributed by atoms with Crippen molar-refractivity contribution in [1.29, 1.82) is 0 Å². The van der Waals surface area contributed by atoms with Crippen molar-refractivity contribution in [2.24, 2.45) is 0 Å². The zero-order chi connectivity index (χ0) is 27.9. The molecule has 0 saturated carbocycles. The van der Waals surface area contributed by atoms with Gasteiger partial charge in [0.25, 0.3) is 0 Å². The van der Waals surface area contributed by atoms with Gasteiger partial charge in [0.2, 0.25) is 0 Å². The van der Waals surface area contributed by atoms with Crippen LogP contribution < -0.4 is 10.1 Å². The number of benzene rings is 1. The van der Waals surface area contributed by atoms with Gasteiger partial charge in [-0.25, -0.2) is 0 Å². The van der Waals surface area contributed by atoms with E-state index >= 15 is 0 Å².